The molecule has 1 aliphatic rings. The summed E-state index contributed by atoms with van der Waals surface area (Å²) < 4.78 is 32.4. The minimum atomic E-state index is -3.50. The SMILES string of the molecule is Cc1cccc(OCCNC(=O)c2ccc(S(=O)(=O)NC3CC3)cc2)c1. The van der Waals surface area contributed by atoms with Crippen molar-refractivity contribution >= 4 is 15.9 Å². The average molecular weight is 374 g/mol. The molecule has 3 rings (SSSR count). The van der Waals surface area contributed by atoms with E-state index in [1.807, 2.05) is 31.2 Å². The molecule has 2 aromatic carbocycles. The van der Waals surface area contributed by atoms with E-state index in [1.165, 1.54) is 24.3 Å². The minimum Gasteiger partial charge on any atom is -0.492 e. The van der Waals surface area contributed by atoms with Crippen LogP contribution >= 0.6 is 0 Å². The molecule has 0 radical (unpaired) electrons. The van der Waals surface area contributed by atoms with Crippen LogP contribution in [0.2, 0.25) is 0 Å². The van der Waals surface area contributed by atoms with Crippen molar-refractivity contribution in [2.45, 2.75) is 30.7 Å². The van der Waals surface area contributed by atoms with Crippen molar-refractivity contribution in [2.24, 2.45) is 0 Å². The molecule has 26 heavy (non-hydrogen) atoms. The first kappa shape index (κ1) is 18.4. The van der Waals surface area contributed by atoms with Crippen molar-refractivity contribution in [3.63, 3.8) is 0 Å². The average Bonchev–Trinajstić information content (AvgIpc) is 3.42. The molecule has 1 amide bonds. The van der Waals surface area contributed by atoms with Crippen LogP contribution in [0.5, 0.6) is 5.75 Å². The van der Waals surface area contributed by atoms with Gasteiger partial charge in [-0.1, -0.05) is 12.1 Å². The second-order valence-electron chi connectivity index (χ2n) is 6.34. The number of hydrogen-bond donors (Lipinski definition) is 2. The normalized spacial score (nSPS) is 14.0. The molecule has 138 valence electrons. The summed E-state index contributed by atoms with van der Waals surface area (Å²) in [6, 6.07) is 13.7. The smallest absolute Gasteiger partial charge is 0.251 e. The standard InChI is InChI=1S/C19H22N2O4S/c1-14-3-2-4-17(13-14)25-12-11-20-19(22)15-5-9-18(10-6-15)26(23,24)21-16-7-8-16/h2-6,9-10,13,16,21H,7-8,11-12H2,1H3,(H,20,22). The molecular weight excluding hydrogens is 352 g/mol. The zero-order valence-corrected chi connectivity index (χ0v) is 15.4. The molecule has 0 bridgehead atoms. The first-order valence-electron chi connectivity index (χ1n) is 8.54. The summed E-state index contributed by atoms with van der Waals surface area (Å²) in [7, 11) is -3.50. The van der Waals surface area contributed by atoms with Gasteiger partial charge in [-0.05, 0) is 61.7 Å². The number of carbonyl (C=O) groups is 1. The molecule has 6 nitrogen and oxygen atoms in total. The Labute approximate surface area is 153 Å². The fourth-order valence-electron chi connectivity index (χ4n) is 2.41. The van der Waals surface area contributed by atoms with Gasteiger partial charge in [-0.2, -0.15) is 0 Å². The van der Waals surface area contributed by atoms with E-state index in [9.17, 15) is 13.2 Å². The summed E-state index contributed by atoms with van der Waals surface area (Å²) in [5.41, 5.74) is 1.52. The molecular formula is C19H22N2O4S. The third-order valence-electron chi connectivity index (χ3n) is 3.97. The zero-order chi connectivity index (χ0) is 18.6. The van der Waals surface area contributed by atoms with Gasteiger partial charge in [0.2, 0.25) is 10.0 Å². The van der Waals surface area contributed by atoms with E-state index in [4.69, 9.17) is 4.74 Å². The molecule has 1 aliphatic carbocycles. The van der Waals surface area contributed by atoms with Crippen molar-refractivity contribution < 1.29 is 17.9 Å². The van der Waals surface area contributed by atoms with Crippen LogP contribution in [-0.2, 0) is 10.0 Å². The predicted molar refractivity (Wildman–Crippen MR) is 98.8 cm³/mol. The Bertz CT molecular complexity index is 875. The van der Waals surface area contributed by atoms with Crippen LogP contribution in [0.4, 0.5) is 0 Å². The van der Waals surface area contributed by atoms with E-state index in [0.29, 0.717) is 18.7 Å². The number of ether oxygens (including phenoxy) is 1. The zero-order valence-electron chi connectivity index (χ0n) is 14.6. The first-order chi connectivity index (χ1) is 12.4. The first-order valence-corrected chi connectivity index (χ1v) is 10.0. The van der Waals surface area contributed by atoms with E-state index in [1.54, 1.807) is 0 Å². The van der Waals surface area contributed by atoms with Crippen LogP contribution in [0, 0.1) is 6.92 Å². The van der Waals surface area contributed by atoms with Crippen molar-refractivity contribution in [3.8, 4) is 5.75 Å². The second-order valence-corrected chi connectivity index (χ2v) is 8.05. The molecule has 1 fully saturated rings. The lowest BCUT2D eigenvalue weighted by molar-refractivity contribution is 0.0947. The van der Waals surface area contributed by atoms with Gasteiger partial charge in [-0.25, -0.2) is 13.1 Å². The van der Waals surface area contributed by atoms with Crippen LogP contribution in [0.3, 0.4) is 0 Å². The third-order valence-corrected chi connectivity index (χ3v) is 5.51. The van der Waals surface area contributed by atoms with E-state index < -0.39 is 10.0 Å². The number of hydrogen-bond acceptors (Lipinski definition) is 4. The Kier molecular flexibility index (Phi) is 5.58. The number of carbonyl (C=O) groups excluding carboxylic acids is 1. The molecule has 0 saturated heterocycles. The van der Waals surface area contributed by atoms with Gasteiger partial charge in [0.25, 0.3) is 5.91 Å². The largest absolute Gasteiger partial charge is 0.492 e. The van der Waals surface area contributed by atoms with Gasteiger partial charge in [0, 0.05) is 11.6 Å². The molecule has 7 heteroatoms. The van der Waals surface area contributed by atoms with E-state index >= 15 is 0 Å². The van der Waals surface area contributed by atoms with Crippen LogP contribution in [-0.4, -0.2) is 33.5 Å². The maximum Gasteiger partial charge on any atom is 0.251 e. The van der Waals surface area contributed by atoms with Gasteiger partial charge in [-0.3, -0.25) is 4.79 Å². The summed E-state index contributed by atoms with van der Waals surface area (Å²) >= 11 is 0. The Morgan fingerprint density at radius 2 is 1.88 bits per heavy atom. The molecule has 0 atom stereocenters. The summed E-state index contributed by atoms with van der Waals surface area (Å²) in [5, 5.41) is 2.76. The molecule has 0 aliphatic heterocycles. The molecule has 1 saturated carbocycles. The highest BCUT2D eigenvalue weighted by Gasteiger charge is 2.27. The number of rotatable bonds is 8. The number of nitrogens with one attached hydrogen (secondary N) is 2. The van der Waals surface area contributed by atoms with Gasteiger partial charge >= 0.3 is 0 Å². The lowest BCUT2D eigenvalue weighted by Gasteiger charge is -2.09. The molecule has 0 heterocycles. The van der Waals surface area contributed by atoms with Crippen molar-refractivity contribution in [1.82, 2.24) is 10.0 Å². The topological polar surface area (TPSA) is 84.5 Å². The molecule has 0 spiro atoms. The summed E-state index contributed by atoms with van der Waals surface area (Å²) in [6.07, 6.45) is 1.76. The fourth-order valence-corrected chi connectivity index (χ4v) is 3.72. The summed E-state index contributed by atoms with van der Waals surface area (Å²) in [5.74, 6) is 0.494. The van der Waals surface area contributed by atoms with Crippen LogP contribution < -0.4 is 14.8 Å². The van der Waals surface area contributed by atoms with E-state index in [-0.39, 0.29) is 16.8 Å². The van der Waals surface area contributed by atoms with Crippen molar-refractivity contribution in [3.05, 3.63) is 59.7 Å². The second kappa shape index (κ2) is 7.88. The van der Waals surface area contributed by atoms with Gasteiger partial charge < -0.3 is 10.1 Å². The van der Waals surface area contributed by atoms with Gasteiger partial charge in [-0.15, -0.1) is 0 Å². The van der Waals surface area contributed by atoms with Gasteiger partial charge in [0.05, 0.1) is 11.4 Å². The van der Waals surface area contributed by atoms with Crippen LogP contribution in [0.15, 0.2) is 53.4 Å². The molecule has 2 N–H and O–H groups in total. The molecule has 0 unspecified atom stereocenters. The fraction of sp³-hybridized carbons (Fsp3) is 0.316. The maximum absolute atomic E-state index is 12.1. The van der Waals surface area contributed by atoms with Gasteiger partial charge in [0.1, 0.15) is 12.4 Å². The lowest BCUT2D eigenvalue weighted by atomic mass is 10.2. The van der Waals surface area contributed by atoms with E-state index in [0.717, 1.165) is 24.2 Å². The third kappa shape index (κ3) is 5.06. The van der Waals surface area contributed by atoms with Crippen LogP contribution in [0.25, 0.3) is 0 Å². The van der Waals surface area contributed by atoms with Gasteiger partial charge in [0.15, 0.2) is 0 Å². The Morgan fingerprint density at radius 1 is 1.15 bits per heavy atom. The lowest BCUT2D eigenvalue weighted by Crippen LogP contribution is -2.28. The number of aryl methyl sites for hydroxylation is 1. The van der Waals surface area contributed by atoms with Crippen LogP contribution in [0.1, 0.15) is 28.8 Å². The number of sulfonamides is 1. The van der Waals surface area contributed by atoms with Crippen molar-refractivity contribution in [1.29, 1.82) is 0 Å². The maximum atomic E-state index is 12.1. The Balaban J connectivity index is 1.48. The quantitative estimate of drug-likeness (QED) is 0.694. The Hall–Kier alpha value is -2.38. The monoisotopic (exact) mass is 374 g/mol. The van der Waals surface area contributed by atoms with E-state index in [2.05, 4.69) is 10.0 Å². The highest BCUT2D eigenvalue weighted by Crippen LogP contribution is 2.22. The van der Waals surface area contributed by atoms with Crippen molar-refractivity contribution in [2.75, 3.05) is 13.2 Å². The number of amides is 1. The highest BCUT2D eigenvalue weighted by molar-refractivity contribution is 7.89. The predicted octanol–water partition coefficient (Wildman–Crippen LogP) is 2.24. The Morgan fingerprint density at radius 3 is 2.54 bits per heavy atom. The number of benzene rings is 2. The summed E-state index contributed by atoms with van der Waals surface area (Å²) in [6.45, 7) is 2.70. The minimum absolute atomic E-state index is 0.0522. The summed E-state index contributed by atoms with van der Waals surface area (Å²) in [4.78, 5) is 12.3. The molecule has 0 aromatic heterocycles. The highest BCUT2D eigenvalue weighted by atomic mass is 32.2. The molecule has 2 aromatic rings.